The van der Waals surface area contributed by atoms with Crippen LogP contribution in [0.3, 0.4) is 0 Å². The summed E-state index contributed by atoms with van der Waals surface area (Å²) < 4.78 is 2.19. The molecule has 0 spiro atoms. The summed E-state index contributed by atoms with van der Waals surface area (Å²) in [5.74, 6) is 1.85. The third-order valence-corrected chi connectivity index (χ3v) is 5.71. The van der Waals surface area contributed by atoms with Gasteiger partial charge in [-0.1, -0.05) is 48.0 Å². The van der Waals surface area contributed by atoms with E-state index in [1.54, 1.807) is 21.6 Å². The Bertz CT molecular complexity index is 769. The van der Waals surface area contributed by atoms with Crippen molar-refractivity contribution in [3.63, 3.8) is 0 Å². The molecule has 0 aliphatic carbocycles. The predicted molar refractivity (Wildman–Crippen MR) is 104 cm³/mol. The van der Waals surface area contributed by atoms with Crippen LogP contribution in [0, 0.1) is 0 Å². The van der Waals surface area contributed by atoms with Gasteiger partial charge in [0.1, 0.15) is 0 Å². The van der Waals surface area contributed by atoms with E-state index in [1.165, 1.54) is 5.56 Å². The summed E-state index contributed by atoms with van der Waals surface area (Å²) in [6.07, 6.45) is 1.04. The van der Waals surface area contributed by atoms with Crippen LogP contribution >= 0.6 is 21.6 Å². The lowest BCUT2D eigenvalue weighted by Gasteiger charge is -2.08. The van der Waals surface area contributed by atoms with E-state index in [4.69, 9.17) is 5.73 Å². The van der Waals surface area contributed by atoms with Crippen molar-refractivity contribution >= 4 is 27.3 Å². The third kappa shape index (κ3) is 4.13. The Kier molecular flexibility index (Phi) is 5.82. The highest BCUT2D eigenvalue weighted by molar-refractivity contribution is 8.76. The summed E-state index contributed by atoms with van der Waals surface area (Å²) in [4.78, 5) is 0. The molecule has 0 bridgehead atoms. The number of nitrogens with two attached hydrogens (primary N) is 1. The van der Waals surface area contributed by atoms with E-state index < -0.39 is 0 Å². The smallest absolute Gasteiger partial charge is 0.202 e. The number of aromatic nitrogens is 3. The molecule has 0 aliphatic rings. The lowest BCUT2D eigenvalue weighted by molar-refractivity contribution is 0.627. The quantitative estimate of drug-likeness (QED) is 0.483. The van der Waals surface area contributed by atoms with E-state index in [0.29, 0.717) is 0 Å². The average Bonchev–Trinajstić information content (AvgIpc) is 3.00. The number of rotatable bonds is 7. The second-order valence-electron chi connectivity index (χ2n) is 5.41. The van der Waals surface area contributed by atoms with Crippen molar-refractivity contribution in [2.45, 2.75) is 30.8 Å². The number of hydrogen-bond acceptors (Lipinski definition) is 5. The topological polar surface area (TPSA) is 56.7 Å². The molecule has 2 aromatic carbocycles. The number of hydrogen-bond donors (Lipinski definition) is 1. The zero-order valence-electron chi connectivity index (χ0n) is 13.6. The maximum Gasteiger partial charge on any atom is 0.202 e. The van der Waals surface area contributed by atoms with Gasteiger partial charge in [-0.05, 0) is 47.0 Å². The minimum Gasteiger partial charge on any atom is -0.399 e. The Morgan fingerprint density at radius 2 is 1.75 bits per heavy atom. The van der Waals surface area contributed by atoms with Gasteiger partial charge < -0.3 is 10.3 Å². The molecule has 0 unspecified atom stereocenters. The Balaban J connectivity index is 1.74. The molecule has 3 aromatic rings. The molecular weight excluding hydrogens is 336 g/mol. The van der Waals surface area contributed by atoms with Gasteiger partial charge in [0.15, 0.2) is 5.82 Å². The van der Waals surface area contributed by atoms with Crippen molar-refractivity contribution in [3.8, 4) is 11.4 Å². The van der Waals surface area contributed by atoms with Gasteiger partial charge in [0.25, 0.3) is 0 Å². The maximum atomic E-state index is 5.78. The maximum absolute atomic E-state index is 5.78. The average molecular weight is 357 g/mol. The Morgan fingerprint density at radius 1 is 1.00 bits per heavy atom. The first kappa shape index (κ1) is 16.9. The largest absolute Gasteiger partial charge is 0.399 e. The van der Waals surface area contributed by atoms with Gasteiger partial charge in [-0.25, -0.2) is 0 Å². The SMILES string of the molecule is CCCn1c(SSCc2ccccc2)nnc1-c1ccc(N)cc1. The highest BCUT2D eigenvalue weighted by atomic mass is 33.1. The van der Waals surface area contributed by atoms with Crippen LogP contribution in [-0.4, -0.2) is 14.8 Å². The van der Waals surface area contributed by atoms with Gasteiger partial charge in [0.05, 0.1) is 0 Å². The summed E-state index contributed by atoms with van der Waals surface area (Å²) in [6, 6.07) is 18.3. The number of nitrogen functional groups attached to an aromatic ring is 1. The van der Waals surface area contributed by atoms with Gasteiger partial charge in [-0.15, -0.1) is 10.2 Å². The van der Waals surface area contributed by atoms with Crippen LogP contribution in [0.25, 0.3) is 11.4 Å². The molecule has 124 valence electrons. The van der Waals surface area contributed by atoms with Crippen molar-refractivity contribution in [1.29, 1.82) is 0 Å². The molecule has 2 N–H and O–H groups in total. The lowest BCUT2D eigenvalue weighted by atomic mass is 10.2. The van der Waals surface area contributed by atoms with Gasteiger partial charge in [-0.3, -0.25) is 0 Å². The van der Waals surface area contributed by atoms with Gasteiger partial charge in [0.2, 0.25) is 5.16 Å². The van der Waals surface area contributed by atoms with Crippen LogP contribution in [0.15, 0.2) is 59.8 Å². The van der Waals surface area contributed by atoms with Crippen LogP contribution in [0.2, 0.25) is 0 Å². The monoisotopic (exact) mass is 356 g/mol. The fourth-order valence-corrected chi connectivity index (χ4v) is 4.45. The molecule has 0 aliphatic heterocycles. The highest BCUT2D eigenvalue weighted by Gasteiger charge is 2.14. The summed E-state index contributed by atoms with van der Waals surface area (Å²) >= 11 is 0. The molecule has 0 fully saturated rings. The number of benzene rings is 2. The summed E-state index contributed by atoms with van der Waals surface area (Å²) in [5.41, 5.74) is 8.90. The van der Waals surface area contributed by atoms with Gasteiger partial charge in [0, 0.05) is 23.5 Å². The first-order valence-corrected chi connectivity index (χ1v) is 10.2. The Morgan fingerprint density at radius 3 is 2.46 bits per heavy atom. The molecule has 24 heavy (non-hydrogen) atoms. The summed E-state index contributed by atoms with van der Waals surface area (Å²) in [5, 5.41) is 9.74. The van der Waals surface area contributed by atoms with Crippen molar-refractivity contribution in [1.82, 2.24) is 14.8 Å². The van der Waals surface area contributed by atoms with E-state index >= 15 is 0 Å². The second kappa shape index (κ2) is 8.26. The highest BCUT2D eigenvalue weighted by Crippen LogP contribution is 2.34. The molecular formula is C18H20N4S2. The van der Waals surface area contributed by atoms with Crippen LogP contribution in [-0.2, 0) is 12.3 Å². The molecule has 1 heterocycles. The van der Waals surface area contributed by atoms with Crippen LogP contribution < -0.4 is 5.73 Å². The molecule has 1 aromatic heterocycles. The first-order chi connectivity index (χ1) is 11.8. The van der Waals surface area contributed by atoms with E-state index in [2.05, 4.69) is 46.0 Å². The fourth-order valence-electron chi connectivity index (χ4n) is 2.35. The van der Waals surface area contributed by atoms with E-state index in [-0.39, 0.29) is 0 Å². The fraction of sp³-hybridized carbons (Fsp3) is 0.222. The standard InChI is InChI=1S/C18H20N4S2/c1-2-12-22-17(15-8-10-16(19)11-9-15)20-21-18(22)24-23-13-14-6-4-3-5-7-14/h3-11H,2,12-13,19H2,1H3. The minimum atomic E-state index is 0.758. The van der Waals surface area contributed by atoms with Crippen LogP contribution in [0.5, 0.6) is 0 Å². The van der Waals surface area contributed by atoms with Crippen molar-refractivity contribution < 1.29 is 0 Å². The van der Waals surface area contributed by atoms with E-state index in [0.717, 1.165) is 41.0 Å². The third-order valence-electron chi connectivity index (χ3n) is 3.53. The lowest BCUT2D eigenvalue weighted by Crippen LogP contribution is -2.01. The molecule has 4 nitrogen and oxygen atoms in total. The first-order valence-electron chi connectivity index (χ1n) is 7.90. The number of anilines is 1. The Labute approximate surface area is 150 Å². The van der Waals surface area contributed by atoms with Gasteiger partial charge >= 0.3 is 0 Å². The minimum absolute atomic E-state index is 0.758. The zero-order valence-corrected chi connectivity index (χ0v) is 15.2. The molecule has 3 rings (SSSR count). The molecule has 0 saturated carbocycles. The van der Waals surface area contributed by atoms with Gasteiger partial charge in [-0.2, -0.15) is 0 Å². The Hall–Kier alpha value is -1.92. The second-order valence-corrected chi connectivity index (χ2v) is 7.67. The van der Waals surface area contributed by atoms with Crippen molar-refractivity contribution in [2.24, 2.45) is 0 Å². The van der Waals surface area contributed by atoms with Crippen LogP contribution in [0.1, 0.15) is 18.9 Å². The van der Waals surface area contributed by atoms with Crippen LogP contribution in [0.4, 0.5) is 5.69 Å². The van der Waals surface area contributed by atoms with Crippen molar-refractivity contribution in [3.05, 3.63) is 60.2 Å². The number of nitrogens with zero attached hydrogens (tertiary/aromatic N) is 3. The summed E-state index contributed by atoms with van der Waals surface area (Å²) in [7, 11) is 3.47. The predicted octanol–water partition coefficient (Wildman–Crippen LogP) is 4.88. The molecule has 0 saturated heterocycles. The summed E-state index contributed by atoms with van der Waals surface area (Å²) in [6.45, 7) is 3.07. The molecule has 6 heteroatoms. The molecule has 0 atom stereocenters. The van der Waals surface area contributed by atoms with E-state index in [1.807, 2.05) is 30.3 Å². The van der Waals surface area contributed by atoms with Crippen molar-refractivity contribution in [2.75, 3.05) is 5.73 Å². The molecule has 0 amide bonds. The zero-order chi connectivity index (χ0) is 16.8. The molecule has 0 radical (unpaired) electrons. The van der Waals surface area contributed by atoms with E-state index in [9.17, 15) is 0 Å². The normalized spacial score (nSPS) is 10.9.